The van der Waals surface area contributed by atoms with E-state index in [4.69, 9.17) is 11.6 Å². The number of aryl methyl sites for hydroxylation is 1. The van der Waals surface area contributed by atoms with Gasteiger partial charge in [-0.25, -0.2) is 14.1 Å². The Hall–Kier alpha value is -1.56. The molecular formula is C11H12BrFN4. The first-order valence-corrected chi connectivity index (χ1v) is 5.91. The quantitative estimate of drug-likeness (QED) is 0.836. The van der Waals surface area contributed by atoms with E-state index in [1.54, 1.807) is 6.07 Å². The van der Waals surface area contributed by atoms with Crippen molar-refractivity contribution < 1.29 is 4.39 Å². The lowest BCUT2D eigenvalue weighted by atomic mass is 10.1. The Balaban J connectivity index is 2.60. The summed E-state index contributed by atoms with van der Waals surface area (Å²) in [6, 6.07) is 4.36. The van der Waals surface area contributed by atoms with Gasteiger partial charge in [-0.15, -0.1) is 0 Å². The summed E-state index contributed by atoms with van der Waals surface area (Å²) in [4.78, 5) is 4.35. The van der Waals surface area contributed by atoms with Crippen LogP contribution in [0.2, 0.25) is 0 Å². The van der Waals surface area contributed by atoms with E-state index in [0.717, 1.165) is 5.56 Å². The summed E-state index contributed by atoms with van der Waals surface area (Å²) in [6.07, 6.45) is 0.680. The Morgan fingerprint density at radius 3 is 2.71 bits per heavy atom. The molecule has 2 aromatic rings. The molecule has 17 heavy (non-hydrogen) atoms. The Labute approximate surface area is 107 Å². The summed E-state index contributed by atoms with van der Waals surface area (Å²) >= 11 is 3.29. The Kier molecular flexibility index (Phi) is 3.06. The van der Waals surface area contributed by atoms with Crippen molar-refractivity contribution in [2.24, 2.45) is 0 Å². The van der Waals surface area contributed by atoms with Crippen molar-refractivity contribution >= 4 is 21.7 Å². The topological polar surface area (TPSA) is 69.9 Å². The zero-order chi connectivity index (χ0) is 12.6. The maximum atomic E-state index is 13.0. The van der Waals surface area contributed by atoms with E-state index < -0.39 is 0 Å². The van der Waals surface area contributed by atoms with Gasteiger partial charge in [-0.2, -0.15) is 0 Å². The number of halogens is 2. The van der Waals surface area contributed by atoms with Crippen molar-refractivity contribution in [3.05, 3.63) is 34.3 Å². The van der Waals surface area contributed by atoms with Crippen LogP contribution in [0.5, 0.6) is 0 Å². The zero-order valence-corrected chi connectivity index (χ0v) is 10.8. The number of hydrogen-bond donors (Lipinski definition) is 2. The molecule has 1 aromatic heterocycles. The highest BCUT2D eigenvalue weighted by Crippen LogP contribution is 2.31. The molecule has 4 N–H and O–H groups in total. The van der Waals surface area contributed by atoms with E-state index in [0.29, 0.717) is 28.2 Å². The number of nitrogens with zero attached hydrogens (tertiary/aromatic N) is 2. The number of anilines is 1. The fraction of sp³-hybridized carbons (Fsp3) is 0.182. The predicted molar refractivity (Wildman–Crippen MR) is 69.3 cm³/mol. The van der Waals surface area contributed by atoms with Gasteiger partial charge in [0.2, 0.25) is 0 Å². The molecule has 0 unspecified atom stereocenters. The molecule has 6 heteroatoms. The third-order valence-corrected chi connectivity index (χ3v) is 3.18. The van der Waals surface area contributed by atoms with Crippen LogP contribution in [0.15, 0.2) is 22.7 Å². The number of imidazole rings is 1. The van der Waals surface area contributed by atoms with Crippen LogP contribution in [0.4, 0.5) is 10.2 Å². The second-order valence-corrected chi connectivity index (χ2v) is 4.46. The highest BCUT2D eigenvalue weighted by Gasteiger charge is 2.15. The lowest BCUT2D eigenvalue weighted by molar-refractivity contribution is 0.627. The number of rotatable bonds is 2. The minimum absolute atomic E-state index is 0.318. The van der Waals surface area contributed by atoms with Gasteiger partial charge in [-0.3, -0.25) is 0 Å². The van der Waals surface area contributed by atoms with Gasteiger partial charge in [0, 0.05) is 16.5 Å². The van der Waals surface area contributed by atoms with E-state index in [9.17, 15) is 4.39 Å². The minimum Gasteiger partial charge on any atom is -0.382 e. The molecule has 0 aliphatic carbocycles. The van der Waals surface area contributed by atoms with Gasteiger partial charge < -0.3 is 11.6 Å². The van der Waals surface area contributed by atoms with Crippen molar-refractivity contribution in [2.45, 2.75) is 13.3 Å². The predicted octanol–water partition coefficient (Wildman–Crippen LogP) is 2.31. The largest absolute Gasteiger partial charge is 0.382 e. The maximum Gasteiger partial charge on any atom is 0.150 e. The average Bonchev–Trinajstić information content (AvgIpc) is 2.57. The summed E-state index contributed by atoms with van der Waals surface area (Å²) in [5, 5.41) is 0. The SMILES string of the molecule is CCc1nc(-c2ccc(F)cc2Br)c(N)n1N. The highest BCUT2D eigenvalue weighted by molar-refractivity contribution is 9.10. The van der Waals surface area contributed by atoms with Crippen molar-refractivity contribution in [3.63, 3.8) is 0 Å². The maximum absolute atomic E-state index is 13.0. The Morgan fingerprint density at radius 1 is 1.47 bits per heavy atom. The van der Waals surface area contributed by atoms with Crippen LogP contribution < -0.4 is 11.6 Å². The van der Waals surface area contributed by atoms with Crippen molar-refractivity contribution in [1.29, 1.82) is 0 Å². The fourth-order valence-electron chi connectivity index (χ4n) is 1.62. The molecule has 0 amide bonds. The van der Waals surface area contributed by atoms with E-state index in [1.807, 2.05) is 6.92 Å². The van der Waals surface area contributed by atoms with Gasteiger partial charge in [-0.1, -0.05) is 6.92 Å². The Bertz CT molecular complexity index is 565. The standard InChI is InChI=1S/C11H12BrFN4/c1-2-9-16-10(11(14)17(9)15)7-4-3-6(13)5-8(7)12/h3-5H,2,14-15H2,1H3. The molecule has 4 nitrogen and oxygen atoms in total. The summed E-state index contributed by atoms with van der Waals surface area (Å²) in [6.45, 7) is 1.94. The third kappa shape index (κ3) is 2.00. The molecule has 0 radical (unpaired) electrons. The van der Waals surface area contributed by atoms with Gasteiger partial charge >= 0.3 is 0 Å². The molecule has 0 spiro atoms. The van der Waals surface area contributed by atoms with Crippen LogP contribution in [0, 0.1) is 5.82 Å². The number of nitrogen functional groups attached to an aromatic ring is 2. The molecule has 2 rings (SSSR count). The number of aromatic nitrogens is 2. The molecule has 0 bridgehead atoms. The molecule has 0 saturated carbocycles. The normalized spacial score (nSPS) is 10.8. The monoisotopic (exact) mass is 298 g/mol. The Morgan fingerprint density at radius 2 is 2.18 bits per heavy atom. The second-order valence-electron chi connectivity index (χ2n) is 3.61. The first-order valence-electron chi connectivity index (χ1n) is 5.12. The number of nitrogens with two attached hydrogens (primary N) is 2. The van der Waals surface area contributed by atoms with Crippen molar-refractivity contribution in [2.75, 3.05) is 11.6 Å². The molecule has 0 fully saturated rings. The van der Waals surface area contributed by atoms with Crippen molar-refractivity contribution in [3.8, 4) is 11.3 Å². The molecular weight excluding hydrogens is 287 g/mol. The van der Waals surface area contributed by atoms with Crippen LogP contribution in [-0.4, -0.2) is 9.66 Å². The van der Waals surface area contributed by atoms with Crippen molar-refractivity contribution in [1.82, 2.24) is 9.66 Å². The summed E-state index contributed by atoms with van der Waals surface area (Å²) in [5.41, 5.74) is 7.17. The van der Waals surface area contributed by atoms with Gasteiger partial charge in [0.05, 0.1) is 0 Å². The van der Waals surface area contributed by atoms with Crippen LogP contribution in [0.3, 0.4) is 0 Å². The average molecular weight is 299 g/mol. The molecule has 90 valence electrons. The van der Waals surface area contributed by atoms with Gasteiger partial charge in [0.25, 0.3) is 0 Å². The van der Waals surface area contributed by atoms with Gasteiger partial charge in [0.1, 0.15) is 17.3 Å². The molecule has 0 saturated heterocycles. The van der Waals surface area contributed by atoms with Gasteiger partial charge in [-0.05, 0) is 34.1 Å². The van der Waals surface area contributed by atoms with E-state index in [1.165, 1.54) is 16.8 Å². The first-order chi connectivity index (χ1) is 8.04. The molecule has 0 atom stereocenters. The van der Waals surface area contributed by atoms with E-state index in [-0.39, 0.29) is 5.82 Å². The molecule has 1 aromatic carbocycles. The number of benzene rings is 1. The smallest absolute Gasteiger partial charge is 0.150 e. The van der Waals surface area contributed by atoms with E-state index >= 15 is 0 Å². The van der Waals surface area contributed by atoms with Crippen LogP contribution in [0.25, 0.3) is 11.3 Å². The zero-order valence-electron chi connectivity index (χ0n) is 9.24. The fourth-order valence-corrected chi connectivity index (χ4v) is 2.16. The molecule has 0 aliphatic heterocycles. The summed E-state index contributed by atoms with van der Waals surface area (Å²) in [5.74, 6) is 6.51. The number of hydrogen-bond acceptors (Lipinski definition) is 3. The second kappa shape index (κ2) is 4.37. The minimum atomic E-state index is -0.318. The van der Waals surface area contributed by atoms with Gasteiger partial charge in [0.15, 0.2) is 5.82 Å². The highest BCUT2D eigenvalue weighted by atomic mass is 79.9. The third-order valence-electron chi connectivity index (χ3n) is 2.52. The summed E-state index contributed by atoms with van der Waals surface area (Å²) in [7, 11) is 0. The van der Waals surface area contributed by atoms with E-state index in [2.05, 4.69) is 20.9 Å². The molecule has 1 heterocycles. The summed E-state index contributed by atoms with van der Waals surface area (Å²) < 4.78 is 15.0. The lowest BCUT2D eigenvalue weighted by Gasteiger charge is -2.03. The first kappa shape index (κ1) is 11.9. The van der Waals surface area contributed by atoms with Crippen LogP contribution in [-0.2, 0) is 6.42 Å². The van der Waals surface area contributed by atoms with Crippen LogP contribution in [0.1, 0.15) is 12.7 Å². The van der Waals surface area contributed by atoms with Crippen LogP contribution >= 0.6 is 15.9 Å². The lowest BCUT2D eigenvalue weighted by Crippen LogP contribution is -2.14. The molecule has 0 aliphatic rings.